The highest BCUT2D eigenvalue weighted by Crippen LogP contribution is 2.33. The summed E-state index contributed by atoms with van der Waals surface area (Å²) < 4.78 is 3.21. The lowest BCUT2D eigenvalue weighted by Crippen LogP contribution is -2.59. The Bertz CT molecular complexity index is 1220. The molecular weight excluding hydrogens is 416 g/mol. The first-order valence-electron chi connectivity index (χ1n) is 11.6. The Morgan fingerprint density at radius 3 is 2.58 bits per heavy atom. The molecule has 1 aliphatic rings. The van der Waals surface area contributed by atoms with Crippen LogP contribution in [0.25, 0.3) is 11.0 Å². The zero-order valence-corrected chi connectivity index (χ0v) is 20.1. The average Bonchev–Trinajstić information content (AvgIpc) is 3.25. The van der Waals surface area contributed by atoms with E-state index in [-0.39, 0.29) is 24.2 Å². The second-order valence-corrected chi connectivity index (χ2v) is 8.88. The zero-order chi connectivity index (χ0) is 23.7. The van der Waals surface area contributed by atoms with Crippen molar-refractivity contribution in [3.05, 3.63) is 46.4 Å². The number of aryl methyl sites for hydroxylation is 2. The van der Waals surface area contributed by atoms with Crippen LogP contribution in [0.1, 0.15) is 51.0 Å². The molecule has 1 unspecified atom stereocenters. The summed E-state index contributed by atoms with van der Waals surface area (Å²) >= 11 is 0. The lowest BCUT2D eigenvalue weighted by molar-refractivity contribution is 0.0989. The highest BCUT2D eigenvalue weighted by atomic mass is 16.1. The van der Waals surface area contributed by atoms with E-state index in [4.69, 9.17) is 5.26 Å². The number of aromatic nitrogens is 5. The summed E-state index contributed by atoms with van der Waals surface area (Å²) in [5, 5.41) is 13.8. The fourth-order valence-electron chi connectivity index (χ4n) is 4.85. The third kappa shape index (κ3) is 4.23. The van der Waals surface area contributed by atoms with E-state index in [2.05, 4.69) is 51.7 Å². The number of pyridine rings is 1. The van der Waals surface area contributed by atoms with Gasteiger partial charge in [0.1, 0.15) is 12.1 Å². The van der Waals surface area contributed by atoms with E-state index in [1.807, 2.05) is 19.3 Å². The van der Waals surface area contributed by atoms with Crippen LogP contribution in [0.3, 0.4) is 0 Å². The van der Waals surface area contributed by atoms with Crippen molar-refractivity contribution in [3.8, 4) is 6.07 Å². The van der Waals surface area contributed by atoms with E-state index in [9.17, 15) is 4.79 Å². The molecule has 0 amide bonds. The molecule has 3 aromatic heterocycles. The van der Waals surface area contributed by atoms with Gasteiger partial charge in [-0.05, 0) is 26.7 Å². The van der Waals surface area contributed by atoms with Crippen LogP contribution in [-0.2, 0) is 13.6 Å². The first-order chi connectivity index (χ1) is 15.9. The van der Waals surface area contributed by atoms with Crippen molar-refractivity contribution in [2.45, 2.75) is 65.2 Å². The second kappa shape index (κ2) is 9.32. The number of nitrogens with zero attached hydrogens (tertiary/aromatic N) is 8. The van der Waals surface area contributed by atoms with Gasteiger partial charge in [-0.15, -0.1) is 0 Å². The Balaban J connectivity index is 1.72. The third-order valence-electron chi connectivity index (χ3n) is 6.89. The van der Waals surface area contributed by atoms with Crippen LogP contribution in [0.2, 0.25) is 0 Å². The van der Waals surface area contributed by atoms with Gasteiger partial charge in [0.05, 0.1) is 47.1 Å². The Kier molecular flexibility index (Phi) is 6.47. The molecule has 9 nitrogen and oxygen atoms in total. The molecule has 9 heteroatoms. The molecular formula is C24H32N8O. The first-order valence-corrected chi connectivity index (χ1v) is 11.6. The molecule has 0 aromatic carbocycles. The zero-order valence-electron chi connectivity index (χ0n) is 20.1. The molecule has 1 aliphatic heterocycles. The van der Waals surface area contributed by atoms with Crippen LogP contribution >= 0.6 is 0 Å². The van der Waals surface area contributed by atoms with Crippen LogP contribution in [-0.4, -0.2) is 54.4 Å². The second-order valence-electron chi connectivity index (χ2n) is 8.88. The molecule has 3 atom stereocenters. The molecule has 1 saturated heterocycles. The van der Waals surface area contributed by atoms with E-state index >= 15 is 0 Å². The molecule has 0 bridgehead atoms. The van der Waals surface area contributed by atoms with Crippen molar-refractivity contribution in [1.82, 2.24) is 29.2 Å². The standard InChI is InChI=1S/C24H32N8O/c1-6-18-14-32(19(7-2)13-31(18)17(4)20-12-26-16(3)11-27-20)21-10-23(33)29(5)22-15-30(9-8-25)28-24(21)22/h10-12,15,17-19H,6-7,9,13-14H2,1-5H3/t17?,18-,19+/m1/s1. The minimum absolute atomic E-state index is 0.0670. The largest absolute Gasteiger partial charge is 0.364 e. The van der Waals surface area contributed by atoms with Gasteiger partial charge in [-0.2, -0.15) is 10.4 Å². The molecule has 0 N–H and O–H groups in total. The van der Waals surface area contributed by atoms with Crippen molar-refractivity contribution < 1.29 is 0 Å². The normalized spacial score (nSPS) is 20.2. The van der Waals surface area contributed by atoms with Crippen LogP contribution in [0.4, 0.5) is 5.69 Å². The highest BCUT2D eigenvalue weighted by molar-refractivity contribution is 5.88. The summed E-state index contributed by atoms with van der Waals surface area (Å²) in [5.41, 5.74) is 4.21. The fourth-order valence-corrected chi connectivity index (χ4v) is 4.85. The topological polar surface area (TPSA) is 95.9 Å². The molecule has 1 fully saturated rings. The van der Waals surface area contributed by atoms with E-state index < -0.39 is 0 Å². The molecule has 33 heavy (non-hydrogen) atoms. The molecule has 0 saturated carbocycles. The molecule has 0 aliphatic carbocycles. The minimum Gasteiger partial charge on any atom is -0.364 e. The lowest BCUT2D eigenvalue weighted by atomic mass is 9.98. The van der Waals surface area contributed by atoms with Crippen molar-refractivity contribution >= 4 is 16.7 Å². The molecule has 3 aromatic rings. The first kappa shape index (κ1) is 22.9. The predicted octanol–water partition coefficient (Wildman–Crippen LogP) is 2.80. The number of piperazine rings is 1. The summed E-state index contributed by atoms with van der Waals surface area (Å²) in [7, 11) is 1.75. The predicted molar refractivity (Wildman–Crippen MR) is 128 cm³/mol. The van der Waals surface area contributed by atoms with Crippen LogP contribution in [0, 0.1) is 18.3 Å². The van der Waals surface area contributed by atoms with Gasteiger partial charge in [-0.1, -0.05) is 13.8 Å². The fraction of sp³-hybridized carbons (Fsp3) is 0.542. The lowest BCUT2D eigenvalue weighted by Gasteiger charge is -2.49. The van der Waals surface area contributed by atoms with E-state index in [1.165, 1.54) is 0 Å². The quantitative estimate of drug-likeness (QED) is 0.572. The van der Waals surface area contributed by atoms with Gasteiger partial charge in [-0.3, -0.25) is 24.3 Å². The van der Waals surface area contributed by atoms with Crippen molar-refractivity contribution in [1.29, 1.82) is 5.26 Å². The Morgan fingerprint density at radius 2 is 1.94 bits per heavy atom. The number of rotatable bonds is 6. The molecule has 4 rings (SSSR count). The van der Waals surface area contributed by atoms with Gasteiger partial charge in [0, 0.05) is 44.5 Å². The number of nitriles is 1. The Morgan fingerprint density at radius 1 is 1.18 bits per heavy atom. The Labute approximate surface area is 194 Å². The molecule has 174 valence electrons. The summed E-state index contributed by atoms with van der Waals surface area (Å²) in [5.74, 6) is 0. The third-order valence-corrected chi connectivity index (χ3v) is 6.89. The van der Waals surface area contributed by atoms with Crippen LogP contribution < -0.4 is 10.5 Å². The van der Waals surface area contributed by atoms with E-state index in [0.717, 1.165) is 54.0 Å². The van der Waals surface area contributed by atoms with Crippen molar-refractivity contribution in [2.75, 3.05) is 18.0 Å². The SMILES string of the molecule is CC[C@H]1CN(C(C)c2cnc(C)cn2)[C@H](CC)CN1c1cc(=O)n(C)c2cn(CC#N)nc12. The van der Waals surface area contributed by atoms with Gasteiger partial charge in [0.15, 0.2) is 0 Å². The smallest absolute Gasteiger partial charge is 0.252 e. The number of fused-ring (bicyclic) bond motifs is 1. The summed E-state index contributed by atoms with van der Waals surface area (Å²) in [6.45, 7) is 10.4. The van der Waals surface area contributed by atoms with E-state index in [0.29, 0.717) is 6.04 Å². The minimum atomic E-state index is -0.0670. The maximum atomic E-state index is 12.8. The molecule has 4 heterocycles. The van der Waals surface area contributed by atoms with Gasteiger partial charge >= 0.3 is 0 Å². The van der Waals surface area contributed by atoms with Gasteiger partial charge in [0.25, 0.3) is 5.56 Å². The monoisotopic (exact) mass is 448 g/mol. The maximum absolute atomic E-state index is 12.8. The summed E-state index contributed by atoms with van der Waals surface area (Å²) in [4.78, 5) is 26.8. The molecule has 0 radical (unpaired) electrons. The number of anilines is 1. The van der Waals surface area contributed by atoms with Gasteiger partial charge in [-0.25, -0.2) is 0 Å². The van der Waals surface area contributed by atoms with E-state index in [1.54, 1.807) is 28.6 Å². The number of hydrogen-bond acceptors (Lipinski definition) is 7. The number of hydrogen-bond donors (Lipinski definition) is 0. The van der Waals surface area contributed by atoms with Crippen molar-refractivity contribution in [3.63, 3.8) is 0 Å². The Hall–Kier alpha value is -3.25. The molecule has 0 spiro atoms. The summed E-state index contributed by atoms with van der Waals surface area (Å²) in [6.07, 6.45) is 7.42. The van der Waals surface area contributed by atoms with Gasteiger partial charge < -0.3 is 9.47 Å². The van der Waals surface area contributed by atoms with Crippen LogP contribution in [0.15, 0.2) is 29.5 Å². The highest BCUT2D eigenvalue weighted by Gasteiger charge is 2.36. The summed E-state index contributed by atoms with van der Waals surface area (Å²) in [6, 6.07) is 4.51. The van der Waals surface area contributed by atoms with Crippen molar-refractivity contribution in [2.24, 2.45) is 7.05 Å². The average molecular weight is 449 g/mol. The maximum Gasteiger partial charge on any atom is 0.252 e. The van der Waals surface area contributed by atoms with Crippen LogP contribution in [0.5, 0.6) is 0 Å². The van der Waals surface area contributed by atoms with Gasteiger partial charge in [0.2, 0.25) is 0 Å².